The number of thiophene rings is 1. The first-order valence-electron chi connectivity index (χ1n) is 5.29. The van der Waals surface area contributed by atoms with E-state index < -0.39 is 0 Å². The van der Waals surface area contributed by atoms with Crippen LogP contribution in [0.2, 0.25) is 0 Å². The standard InChI is InChI=1S/C12H16BrNO2S/c1-4-16-12(15)9(2)6-14(3)7-10-5-11(13)17-8-10/h5,8H,2,4,6-7H2,1,3H3. The molecule has 0 saturated carbocycles. The number of likely N-dealkylation sites (N-methyl/N-ethyl adjacent to an activating group) is 1. The maximum atomic E-state index is 11.4. The van der Waals surface area contributed by atoms with E-state index in [0.29, 0.717) is 18.7 Å². The molecule has 0 aliphatic carbocycles. The van der Waals surface area contributed by atoms with Crippen LogP contribution in [0.5, 0.6) is 0 Å². The zero-order chi connectivity index (χ0) is 12.8. The summed E-state index contributed by atoms with van der Waals surface area (Å²) in [7, 11) is 1.95. The van der Waals surface area contributed by atoms with E-state index >= 15 is 0 Å². The van der Waals surface area contributed by atoms with Crippen LogP contribution in [0.25, 0.3) is 0 Å². The van der Waals surface area contributed by atoms with Crippen LogP contribution in [0.4, 0.5) is 0 Å². The maximum Gasteiger partial charge on any atom is 0.334 e. The second kappa shape index (κ2) is 6.93. The first-order valence-corrected chi connectivity index (χ1v) is 6.96. The lowest BCUT2D eigenvalue weighted by atomic mass is 10.2. The zero-order valence-electron chi connectivity index (χ0n) is 10.0. The summed E-state index contributed by atoms with van der Waals surface area (Å²) in [5.74, 6) is -0.314. The van der Waals surface area contributed by atoms with Gasteiger partial charge in [0.2, 0.25) is 0 Å². The minimum atomic E-state index is -0.314. The SMILES string of the molecule is C=C(CN(C)Cc1csc(Br)c1)C(=O)OCC. The molecule has 1 rings (SSSR count). The third-order valence-electron chi connectivity index (χ3n) is 2.10. The Morgan fingerprint density at radius 3 is 2.88 bits per heavy atom. The van der Waals surface area contributed by atoms with Gasteiger partial charge in [-0.05, 0) is 46.9 Å². The smallest absolute Gasteiger partial charge is 0.334 e. The molecule has 0 saturated heterocycles. The van der Waals surface area contributed by atoms with Gasteiger partial charge in [-0.1, -0.05) is 6.58 Å². The molecule has 0 N–H and O–H groups in total. The Morgan fingerprint density at radius 1 is 1.65 bits per heavy atom. The Balaban J connectivity index is 2.41. The van der Waals surface area contributed by atoms with Gasteiger partial charge in [-0.25, -0.2) is 4.79 Å². The average Bonchev–Trinajstić information content (AvgIpc) is 2.64. The minimum Gasteiger partial charge on any atom is -0.463 e. The van der Waals surface area contributed by atoms with E-state index in [1.807, 2.05) is 11.9 Å². The van der Waals surface area contributed by atoms with Gasteiger partial charge in [-0.2, -0.15) is 0 Å². The molecule has 1 aromatic rings. The average molecular weight is 318 g/mol. The number of ether oxygens (including phenoxy) is 1. The molecule has 94 valence electrons. The largest absolute Gasteiger partial charge is 0.463 e. The van der Waals surface area contributed by atoms with Gasteiger partial charge >= 0.3 is 5.97 Å². The molecule has 1 heterocycles. The van der Waals surface area contributed by atoms with Crippen LogP contribution in [-0.4, -0.2) is 31.1 Å². The van der Waals surface area contributed by atoms with Crippen LogP contribution < -0.4 is 0 Å². The van der Waals surface area contributed by atoms with Crippen LogP contribution in [0, 0.1) is 0 Å². The van der Waals surface area contributed by atoms with E-state index in [0.717, 1.165) is 10.3 Å². The highest BCUT2D eigenvalue weighted by atomic mass is 79.9. The Bertz CT molecular complexity index is 403. The van der Waals surface area contributed by atoms with Crippen LogP contribution in [-0.2, 0) is 16.1 Å². The van der Waals surface area contributed by atoms with E-state index in [-0.39, 0.29) is 5.97 Å². The minimum absolute atomic E-state index is 0.314. The van der Waals surface area contributed by atoms with Gasteiger partial charge in [-0.15, -0.1) is 11.3 Å². The molecule has 0 radical (unpaired) electrons. The number of nitrogens with zero attached hydrogens (tertiary/aromatic N) is 1. The predicted octanol–water partition coefficient (Wildman–Crippen LogP) is 3.06. The molecule has 0 fully saturated rings. The van der Waals surface area contributed by atoms with Crippen LogP contribution in [0.1, 0.15) is 12.5 Å². The van der Waals surface area contributed by atoms with Crippen molar-refractivity contribution in [2.24, 2.45) is 0 Å². The second-order valence-electron chi connectivity index (χ2n) is 3.76. The third kappa shape index (κ3) is 5.02. The third-order valence-corrected chi connectivity index (χ3v) is 3.65. The Kier molecular flexibility index (Phi) is 5.88. The lowest BCUT2D eigenvalue weighted by Gasteiger charge is -2.16. The summed E-state index contributed by atoms with van der Waals surface area (Å²) in [4.78, 5) is 13.4. The lowest BCUT2D eigenvalue weighted by Crippen LogP contribution is -2.24. The van der Waals surface area contributed by atoms with Crippen molar-refractivity contribution >= 4 is 33.2 Å². The summed E-state index contributed by atoms with van der Waals surface area (Å²) in [6, 6.07) is 2.08. The van der Waals surface area contributed by atoms with Gasteiger partial charge in [0.25, 0.3) is 0 Å². The fourth-order valence-electron chi connectivity index (χ4n) is 1.42. The van der Waals surface area contributed by atoms with Crippen molar-refractivity contribution in [3.05, 3.63) is 32.9 Å². The Hall–Kier alpha value is -0.650. The van der Waals surface area contributed by atoms with Gasteiger partial charge in [0.15, 0.2) is 0 Å². The molecule has 3 nitrogen and oxygen atoms in total. The topological polar surface area (TPSA) is 29.5 Å². The first-order chi connectivity index (χ1) is 8.02. The molecule has 0 spiro atoms. The van der Waals surface area contributed by atoms with Crippen LogP contribution >= 0.6 is 27.3 Å². The van der Waals surface area contributed by atoms with E-state index in [2.05, 4.69) is 34.0 Å². The molecule has 0 aliphatic rings. The molecule has 0 unspecified atom stereocenters. The number of carbonyl (C=O) groups is 1. The number of hydrogen-bond acceptors (Lipinski definition) is 4. The first kappa shape index (κ1) is 14.4. The number of rotatable bonds is 6. The zero-order valence-corrected chi connectivity index (χ0v) is 12.4. The fraction of sp³-hybridized carbons (Fsp3) is 0.417. The molecular weight excluding hydrogens is 302 g/mol. The number of hydrogen-bond donors (Lipinski definition) is 0. The van der Waals surface area contributed by atoms with Crippen LogP contribution in [0.3, 0.4) is 0 Å². The van der Waals surface area contributed by atoms with E-state index in [9.17, 15) is 4.79 Å². The van der Waals surface area contributed by atoms with Crippen molar-refractivity contribution in [2.45, 2.75) is 13.5 Å². The molecule has 0 bridgehead atoms. The van der Waals surface area contributed by atoms with Gasteiger partial charge in [0.1, 0.15) is 0 Å². The Morgan fingerprint density at radius 2 is 2.35 bits per heavy atom. The second-order valence-corrected chi connectivity index (χ2v) is 6.05. The van der Waals surface area contributed by atoms with E-state index in [1.165, 1.54) is 5.56 Å². The van der Waals surface area contributed by atoms with Crippen molar-refractivity contribution in [3.8, 4) is 0 Å². The van der Waals surface area contributed by atoms with Gasteiger partial charge in [0.05, 0.1) is 10.4 Å². The highest BCUT2D eigenvalue weighted by Crippen LogP contribution is 2.21. The predicted molar refractivity (Wildman–Crippen MR) is 74.1 cm³/mol. The molecule has 0 amide bonds. The van der Waals surface area contributed by atoms with Crippen molar-refractivity contribution in [1.82, 2.24) is 4.90 Å². The van der Waals surface area contributed by atoms with Crippen molar-refractivity contribution < 1.29 is 9.53 Å². The summed E-state index contributed by atoms with van der Waals surface area (Å²) >= 11 is 5.08. The molecule has 5 heteroatoms. The number of esters is 1. The summed E-state index contributed by atoms with van der Waals surface area (Å²) in [5.41, 5.74) is 1.71. The van der Waals surface area contributed by atoms with Crippen molar-refractivity contribution in [3.63, 3.8) is 0 Å². The van der Waals surface area contributed by atoms with Gasteiger partial charge in [-0.3, -0.25) is 4.90 Å². The lowest BCUT2D eigenvalue weighted by molar-refractivity contribution is -0.138. The highest BCUT2D eigenvalue weighted by molar-refractivity contribution is 9.11. The summed E-state index contributed by atoms with van der Waals surface area (Å²) < 4.78 is 6.00. The summed E-state index contributed by atoms with van der Waals surface area (Å²) in [6.45, 7) is 7.23. The highest BCUT2D eigenvalue weighted by Gasteiger charge is 2.11. The maximum absolute atomic E-state index is 11.4. The Labute approximate surface area is 114 Å². The molecule has 0 aliphatic heterocycles. The van der Waals surface area contributed by atoms with Crippen molar-refractivity contribution in [1.29, 1.82) is 0 Å². The van der Waals surface area contributed by atoms with Gasteiger partial charge in [0, 0.05) is 18.7 Å². The number of halogens is 1. The van der Waals surface area contributed by atoms with Crippen molar-refractivity contribution in [2.75, 3.05) is 20.2 Å². The fourth-order valence-corrected chi connectivity index (χ4v) is 2.62. The normalized spacial score (nSPS) is 10.6. The van der Waals surface area contributed by atoms with Crippen LogP contribution in [0.15, 0.2) is 27.4 Å². The quantitative estimate of drug-likeness (QED) is 0.596. The number of carbonyl (C=O) groups excluding carboxylic acids is 1. The van der Waals surface area contributed by atoms with E-state index in [1.54, 1.807) is 18.3 Å². The summed E-state index contributed by atoms with van der Waals surface area (Å²) in [5, 5.41) is 2.09. The summed E-state index contributed by atoms with van der Waals surface area (Å²) in [6.07, 6.45) is 0. The molecular formula is C12H16BrNO2S. The van der Waals surface area contributed by atoms with Gasteiger partial charge < -0.3 is 4.74 Å². The molecule has 17 heavy (non-hydrogen) atoms. The molecule has 0 aromatic carbocycles. The molecule has 1 aromatic heterocycles. The molecule has 0 atom stereocenters. The van der Waals surface area contributed by atoms with E-state index in [4.69, 9.17) is 4.74 Å². The monoisotopic (exact) mass is 317 g/mol.